The molecule has 0 aliphatic carbocycles. The zero-order valence-corrected chi connectivity index (χ0v) is 40.5. The second-order valence-corrected chi connectivity index (χ2v) is 28.2. The van der Waals surface area contributed by atoms with Crippen LogP contribution in [0.2, 0.25) is 0 Å². The van der Waals surface area contributed by atoms with Crippen molar-refractivity contribution in [3.8, 4) is 0 Å². The number of halogens is 21. The fourth-order valence-corrected chi connectivity index (χ4v) is 23.8. The minimum absolute atomic E-state index is 0.156. The first-order chi connectivity index (χ1) is 33.9. The molecule has 0 radical (unpaired) electrons. The van der Waals surface area contributed by atoms with Crippen LogP contribution in [0.5, 0.6) is 0 Å². The monoisotopic (exact) mass is 1160 g/mol. The second kappa shape index (κ2) is 20.3. The number of hydrogen-bond donors (Lipinski definition) is 0. The Balaban J connectivity index is 0.000000265. The van der Waals surface area contributed by atoms with Crippen LogP contribution in [-0.4, -0.2) is 6.15 Å². The van der Waals surface area contributed by atoms with Crippen molar-refractivity contribution in [1.82, 2.24) is 0 Å². The number of benzene rings is 7. The van der Waals surface area contributed by atoms with Crippen LogP contribution in [0.25, 0.3) is 0 Å². The van der Waals surface area contributed by atoms with Gasteiger partial charge in [-0.2, -0.15) is 0 Å². The molecule has 0 spiro atoms. The molecule has 73 heavy (non-hydrogen) atoms. The summed E-state index contributed by atoms with van der Waals surface area (Å²) in [6, 6.07) is 33.5. The SMILES string of the molecule is CC(C)(c1ccccc1)[IH+](C(C)(C)c1ccccc1)C(C)(C)c1ccccc1.Fc1c(F)c(F)c([B-](c2c(F)c(F)c(F)c(F)c2F)(c2c(F)c(F)c(F)c(F)c2F)c2c(F)c(F)c(F)c(F)c2F)c(F)c1F. The molecule has 22 heteroatoms. The molecule has 0 saturated carbocycles. The van der Waals surface area contributed by atoms with Crippen molar-refractivity contribution in [2.24, 2.45) is 0 Å². The Bertz CT molecular complexity index is 2750. The molecule has 0 N–H and O–H groups in total. The fourth-order valence-electron chi connectivity index (χ4n) is 9.66. The van der Waals surface area contributed by atoms with E-state index in [0.29, 0.717) is 0 Å². The third-order valence-electron chi connectivity index (χ3n) is 12.6. The summed E-state index contributed by atoms with van der Waals surface area (Å²) in [5.41, 5.74) is -9.91. The zero-order chi connectivity index (χ0) is 54.8. The van der Waals surface area contributed by atoms with Gasteiger partial charge in [-0.15, -0.1) is 21.9 Å². The van der Waals surface area contributed by atoms with E-state index in [1.807, 2.05) is 0 Å². The Kier molecular flexibility index (Phi) is 15.7. The average molecular weight is 1160 g/mol. The van der Waals surface area contributed by atoms with E-state index in [4.69, 9.17) is 0 Å². The maximum absolute atomic E-state index is 15.4. The van der Waals surface area contributed by atoms with Crippen LogP contribution in [0.15, 0.2) is 91.0 Å². The first-order valence-electron chi connectivity index (χ1n) is 21.0. The van der Waals surface area contributed by atoms with E-state index in [0.717, 1.165) is 0 Å². The molecule has 0 atom stereocenters. The molecule has 0 aliphatic heterocycles. The number of rotatable bonds is 10. The van der Waals surface area contributed by atoms with E-state index in [2.05, 4.69) is 133 Å². The largest absolute Gasteiger partial charge is 0.207 e. The Morgan fingerprint density at radius 1 is 0.233 bits per heavy atom. The van der Waals surface area contributed by atoms with Gasteiger partial charge < -0.3 is 0 Å². The van der Waals surface area contributed by atoms with Crippen molar-refractivity contribution >= 4 is 28.0 Å². The fraction of sp³-hybridized carbons (Fsp3) is 0.176. The molecule has 7 aromatic carbocycles. The quantitative estimate of drug-likeness (QED) is 0.0320. The van der Waals surface area contributed by atoms with E-state index in [1.54, 1.807) is 0 Å². The smallest absolute Gasteiger partial charge is 0.200 e. The van der Waals surface area contributed by atoms with Crippen molar-refractivity contribution in [3.05, 3.63) is 224 Å². The summed E-state index contributed by atoms with van der Waals surface area (Å²) in [4.78, 5) is 0. The Hall–Kier alpha value is -6.07. The summed E-state index contributed by atoms with van der Waals surface area (Å²) < 4.78 is 294. The van der Waals surface area contributed by atoms with Gasteiger partial charge >= 0.3 is 179 Å². The van der Waals surface area contributed by atoms with Crippen molar-refractivity contribution < 1.29 is 108 Å². The summed E-state index contributed by atoms with van der Waals surface area (Å²) in [7, 11) is 0. The molecule has 0 unspecified atom stereocenters. The van der Waals surface area contributed by atoms with Gasteiger partial charge in [0.25, 0.3) is 0 Å². The molecule has 0 fully saturated rings. The van der Waals surface area contributed by atoms with Crippen LogP contribution in [0.3, 0.4) is 0 Å². The first kappa shape index (κ1) is 56.2. The van der Waals surface area contributed by atoms with Crippen LogP contribution in [-0.2, 0) is 10.3 Å². The standard InChI is InChI=1S/C27H34I.C24BF20/c1-25(2,22-16-10-7-11-17-22)28(26(3,4)23-18-12-8-13-19-23)27(5,6)24-20-14-9-15-21-24;26-5-1(6(27)14(35)21(42)13(5)34)25(2-7(28)15(36)22(43)16(37)8(2)29,3-9(30)17(38)23(44)18(39)10(3)31)4-11(32)19(40)24(45)20(41)12(4)33/h7-21,28H,1-6H3;/q+1;-1. The van der Waals surface area contributed by atoms with E-state index in [-0.39, 0.29) is 10.3 Å². The molecule has 0 nitrogen and oxygen atoms in total. The Morgan fingerprint density at radius 2 is 0.370 bits per heavy atom. The van der Waals surface area contributed by atoms with Crippen molar-refractivity contribution in [2.45, 2.75) is 51.8 Å². The van der Waals surface area contributed by atoms with Crippen molar-refractivity contribution in [1.29, 1.82) is 0 Å². The predicted molar refractivity (Wildman–Crippen MR) is 229 cm³/mol. The summed E-state index contributed by atoms with van der Waals surface area (Å²) in [5.74, 6) is -71.4. The third kappa shape index (κ3) is 8.91. The minimum Gasteiger partial charge on any atom is -0.207 e. The summed E-state index contributed by atoms with van der Waals surface area (Å²) in [5, 5.41) is 0. The average Bonchev–Trinajstić information content (AvgIpc) is 3.37. The molecule has 0 heterocycles. The zero-order valence-electron chi connectivity index (χ0n) is 38.2. The van der Waals surface area contributed by atoms with Crippen LogP contribution in [0.4, 0.5) is 87.8 Å². The van der Waals surface area contributed by atoms with Gasteiger partial charge in [0, 0.05) is 0 Å². The Labute approximate surface area is 410 Å². The molecule has 0 aliphatic rings. The number of hydrogen-bond acceptors (Lipinski definition) is 0. The van der Waals surface area contributed by atoms with Gasteiger partial charge in [0.1, 0.15) is 52.7 Å². The van der Waals surface area contributed by atoms with Gasteiger partial charge in [-0.3, -0.25) is 0 Å². The van der Waals surface area contributed by atoms with Crippen LogP contribution in [0.1, 0.15) is 58.2 Å². The normalized spacial score (nSPS) is 12.5. The first-order valence-corrected chi connectivity index (χ1v) is 24.5. The molecule has 0 aromatic heterocycles. The van der Waals surface area contributed by atoms with Crippen molar-refractivity contribution in [3.63, 3.8) is 0 Å². The molecular formula is C51H34BF20I. The Morgan fingerprint density at radius 3 is 0.521 bits per heavy atom. The van der Waals surface area contributed by atoms with Gasteiger partial charge in [0.2, 0.25) is 0 Å². The molecule has 388 valence electrons. The van der Waals surface area contributed by atoms with Gasteiger partial charge in [0.05, 0.1) is 0 Å². The van der Waals surface area contributed by atoms with E-state index >= 15 is 35.1 Å². The maximum Gasteiger partial charge on any atom is 0.200 e. The maximum atomic E-state index is 15.4. The predicted octanol–water partition coefficient (Wildman–Crippen LogP) is 10.00. The van der Waals surface area contributed by atoms with E-state index in [9.17, 15) is 52.7 Å². The minimum atomic E-state index is -7.22. The molecule has 7 rings (SSSR count). The second-order valence-electron chi connectivity index (χ2n) is 17.7. The number of alkyl halides is 3. The van der Waals surface area contributed by atoms with Gasteiger partial charge in [-0.25, -0.2) is 87.8 Å². The molecule has 0 saturated heterocycles. The molecule has 0 bridgehead atoms. The molecular weight excluding hydrogens is 1130 g/mol. The van der Waals surface area contributed by atoms with E-state index in [1.165, 1.54) is 16.7 Å². The molecule has 0 amide bonds. The summed E-state index contributed by atoms with van der Waals surface area (Å²) in [6.07, 6.45) is -7.22. The van der Waals surface area contributed by atoms with Gasteiger partial charge in [-0.1, -0.05) is 0 Å². The van der Waals surface area contributed by atoms with Crippen LogP contribution in [0, 0.1) is 116 Å². The van der Waals surface area contributed by atoms with E-state index < -0.39 is 164 Å². The summed E-state index contributed by atoms with van der Waals surface area (Å²) in [6.45, 7) is 15.0. The van der Waals surface area contributed by atoms with Gasteiger partial charge in [0.15, 0.2) is 69.8 Å². The molecule has 7 aromatic rings. The third-order valence-corrected chi connectivity index (χ3v) is 23.4. The van der Waals surface area contributed by atoms with Crippen molar-refractivity contribution in [2.75, 3.05) is 0 Å². The summed E-state index contributed by atoms with van der Waals surface area (Å²) >= 11 is -1.97. The van der Waals surface area contributed by atoms with Gasteiger partial charge in [-0.05, 0) is 0 Å². The van der Waals surface area contributed by atoms with Crippen LogP contribution >= 0.6 is 0 Å². The topological polar surface area (TPSA) is 0 Å². The van der Waals surface area contributed by atoms with Crippen LogP contribution < -0.4 is 41.7 Å².